The Balaban J connectivity index is 2.00. The second kappa shape index (κ2) is 7.09. The second-order valence-corrected chi connectivity index (χ2v) is 5.14. The zero-order valence-electron chi connectivity index (χ0n) is 12.8. The number of anilines is 1. The predicted octanol–water partition coefficient (Wildman–Crippen LogP) is 3.01. The molecule has 6 nitrogen and oxygen atoms in total. The van der Waals surface area contributed by atoms with Gasteiger partial charge in [-0.1, -0.05) is 13.8 Å². The monoisotopic (exact) mass is 303 g/mol. The first-order chi connectivity index (χ1) is 10.6. The lowest BCUT2D eigenvalue weighted by Gasteiger charge is -2.30. The van der Waals surface area contributed by atoms with Crippen molar-refractivity contribution in [3.63, 3.8) is 0 Å². The molecule has 1 heterocycles. The number of oxazole rings is 1. The summed E-state index contributed by atoms with van der Waals surface area (Å²) in [6.45, 7) is 3.78. The molecule has 0 aliphatic rings. The summed E-state index contributed by atoms with van der Waals surface area (Å²) in [5, 5.41) is 15.1. The molecule has 6 heteroatoms. The maximum absolute atomic E-state index is 12.1. The number of carbonyl (C=O) groups is 1. The number of aliphatic hydroxyl groups is 1. The average molecular weight is 303 g/mol. The number of aliphatic hydroxyl groups excluding tert-OH is 1. The number of benzene rings is 1. The van der Waals surface area contributed by atoms with E-state index in [2.05, 4.69) is 15.6 Å². The molecule has 0 saturated carbocycles. The highest BCUT2D eigenvalue weighted by Crippen LogP contribution is 2.20. The van der Waals surface area contributed by atoms with E-state index in [0.29, 0.717) is 24.4 Å². The van der Waals surface area contributed by atoms with Gasteiger partial charge in [0.2, 0.25) is 5.89 Å². The largest absolute Gasteiger partial charge is 0.445 e. The highest BCUT2D eigenvalue weighted by molar-refractivity contribution is 5.90. The van der Waals surface area contributed by atoms with E-state index in [4.69, 9.17) is 4.42 Å². The minimum absolute atomic E-state index is 0.0868. The minimum atomic E-state index is -0.581. The van der Waals surface area contributed by atoms with E-state index in [-0.39, 0.29) is 12.6 Å². The van der Waals surface area contributed by atoms with Crippen molar-refractivity contribution in [1.29, 1.82) is 0 Å². The number of hydrogen-bond acceptors (Lipinski definition) is 4. The third-order valence-corrected chi connectivity index (χ3v) is 3.86. The van der Waals surface area contributed by atoms with Gasteiger partial charge < -0.3 is 20.2 Å². The molecule has 0 unspecified atom stereocenters. The Hall–Kier alpha value is -2.34. The highest BCUT2D eigenvalue weighted by atomic mass is 16.3. The average Bonchev–Trinajstić information content (AvgIpc) is 3.08. The quantitative estimate of drug-likeness (QED) is 0.765. The number of hydrogen-bond donors (Lipinski definition) is 3. The van der Waals surface area contributed by atoms with Gasteiger partial charge in [0.05, 0.1) is 18.3 Å². The van der Waals surface area contributed by atoms with Crippen molar-refractivity contribution < 1.29 is 14.3 Å². The number of carbonyl (C=O) groups excluding carboxylic acids is 1. The third kappa shape index (κ3) is 3.65. The summed E-state index contributed by atoms with van der Waals surface area (Å²) in [5.41, 5.74) is 0.914. The molecule has 0 spiro atoms. The molecule has 3 N–H and O–H groups in total. The summed E-state index contributed by atoms with van der Waals surface area (Å²) in [6.07, 6.45) is 4.42. The first kappa shape index (κ1) is 16.0. The summed E-state index contributed by atoms with van der Waals surface area (Å²) in [7, 11) is 0. The normalized spacial score (nSPS) is 11.2. The molecule has 2 aromatic rings. The minimum Gasteiger partial charge on any atom is -0.445 e. The van der Waals surface area contributed by atoms with E-state index in [0.717, 1.165) is 5.56 Å². The molecular weight excluding hydrogens is 282 g/mol. The van der Waals surface area contributed by atoms with Gasteiger partial charge in [-0.3, -0.25) is 0 Å². The second-order valence-electron chi connectivity index (χ2n) is 5.14. The zero-order chi connectivity index (χ0) is 16.0. The standard InChI is InChI=1S/C16H21N3O3/c1-3-16(4-2,11-20)19-15(21)18-13-7-5-12(6-8-13)14-17-9-10-22-14/h5-10,20H,3-4,11H2,1-2H3,(H2,18,19,21). The topological polar surface area (TPSA) is 87.4 Å². The smallest absolute Gasteiger partial charge is 0.319 e. The Morgan fingerprint density at radius 3 is 2.45 bits per heavy atom. The van der Waals surface area contributed by atoms with E-state index < -0.39 is 5.54 Å². The molecule has 0 atom stereocenters. The van der Waals surface area contributed by atoms with E-state index >= 15 is 0 Å². The third-order valence-electron chi connectivity index (χ3n) is 3.86. The summed E-state index contributed by atoms with van der Waals surface area (Å²) < 4.78 is 5.21. The van der Waals surface area contributed by atoms with Gasteiger partial charge in [0.25, 0.3) is 0 Å². The van der Waals surface area contributed by atoms with Gasteiger partial charge >= 0.3 is 6.03 Å². The maximum Gasteiger partial charge on any atom is 0.319 e. The number of nitrogens with zero attached hydrogens (tertiary/aromatic N) is 1. The van der Waals surface area contributed by atoms with Crippen LogP contribution in [0.15, 0.2) is 41.1 Å². The molecule has 0 aliphatic heterocycles. The molecule has 0 fully saturated rings. The van der Waals surface area contributed by atoms with Crippen LogP contribution in [0.1, 0.15) is 26.7 Å². The fourth-order valence-electron chi connectivity index (χ4n) is 2.16. The first-order valence-electron chi connectivity index (χ1n) is 7.32. The fourth-order valence-corrected chi connectivity index (χ4v) is 2.16. The molecule has 1 aromatic carbocycles. The first-order valence-corrected chi connectivity index (χ1v) is 7.32. The molecule has 22 heavy (non-hydrogen) atoms. The van der Waals surface area contributed by atoms with Crippen LogP contribution in [-0.4, -0.2) is 28.3 Å². The van der Waals surface area contributed by atoms with Crippen LogP contribution in [0.3, 0.4) is 0 Å². The Labute approximate surface area is 129 Å². The Morgan fingerprint density at radius 1 is 1.27 bits per heavy atom. The van der Waals surface area contributed by atoms with Crippen molar-refractivity contribution >= 4 is 11.7 Å². The maximum atomic E-state index is 12.1. The molecule has 118 valence electrons. The molecule has 0 radical (unpaired) electrons. The fraction of sp³-hybridized carbons (Fsp3) is 0.375. The zero-order valence-corrected chi connectivity index (χ0v) is 12.8. The summed E-state index contributed by atoms with van der Waals surface area (Å²) in [5.74, 6) is 0.535. The van der Waals surface area contributed by atoms with Crippen LogP contribution in [0.25, 0.3) is 11.5 Å². The molecule has 2 amide bonds. The molecule has 1 aromatic heterocycles. The molecule has 2 rings (SSSR count). The van der Waals surface area contributed by atoms with Crippen LogP contribution in [-0.2, 0) is 0 Å². The lowest BCUT2D eigenvalue weighted by atomic mass is 9.94. The lowest BCUT2D eigenvalue weighted by molar-refractivity contribution is 0.155. The SMILES string of the molecule is CCC(CC)(CO)NC(=O)Nc1ccc(-c2ncco2)cc1. The molecular formula is C16H21N3O3. The molecule has 0 bridgehead atoms. The summed E-state index contributed by atoms with van der Waals surface area (Å²) in [6, 6.07) is 6.86. The van der Waals surface area contributed by atoms with Gasteiger partial charge in [0.15, 0.2) is 0 Å². The highest BCUT2D eigenvalue weighted by Gasteiger charge is 2.27. The number of aromatic nitrogens is 1. The van der Waals surface area contributed by atoms with Gasteiger partial charge in [-0.25, -0.2) is 9.78 Å². The number of amides is 2. The van der Waals surface area contributed by atoms with Gasteiger partial charge in [-0.05, 0) is 37.1 Å². The van der Waals surface area contributed by atoms with Gasteiger partial charge in [-0.15, -0.1) is 0 Å². The van der Waals surface area contributed by atoms with E-state index in [1.807, 2.05) is 26.0 Å². The lowest BCUT2D eigenvalue weighted by Crippen LogP contribution is -2.51. The van der Waals surface area contributed by atoms with Crippen molar-refractivity contribution in [3.8, 4) is 11.5 Å². The Morgan fingerprint density at radius 2 is 1.95 bits per heavy atom. The van der Waals surface area contributed by atoms with Gasteiger partial charge in [0, 0.05) is 11.3 Å². The van der Waals surface area contributed by atoms with Crippen LogP contribution in [0.5, 0.6) is 0 Å². The summed E-state index contributed by atoms with van der Waals surface area (Å²) >= 11 is 0. The van der Waals surface area contributed by atoms with Crippen molar-refractivity contribution in [2.45, 2.75) is 32.2 Å². The van der Waals surface area contributed by atoms with E-state index in [9.17, 15) is 9.90 Å². The molecule has 0 saturated heterocycles. The van der Waals surface area contributed by atoms with Crippen molar-refractivity contribution in [1.82, 2.24) is 10.3 Å². The number of nitrogens with one attached hydrogen (secondary N) is 2. The van der Waals surface area contributed by atoms with Crippen molar-refractivity contribution in [2.24, 2.45) is 0 Å². The van der Waals surface area contributed by atoms with E-state index in [1.54, 1.807) is 18.3 Å². The van der Waals surface area contributed by atoms with Gasteiger partial charge in [-0.2, -0.15) is 0 Å². The van der Waals surface area contributed by atoms with Crippen LogP contribution in [0.4, 0.5) is 10.5 Å². The predicted molar refractivity (Wildman–Crippen MR) is 84.5 cm³/mol. The number of rotatable bonds is 6. The van der Waals surface area contributed by atoms with Crippen LogP contribution < -0.4 is 10.6 Å². The van der Waals surface area contributed by atoms with Crippen molar-refractivity contribution in [3.05, 3.63) is 36.7 Å². The number of urea groups is 1. The Bertz CT molecular complexity index is 581. The molecule has 0 aliphatic carbocycles. The van der Waals surface area contributed by atoms with Crippen LogP contribution in [0.2, 0.25) is 0 Å². The van der Waals surface area contributed by atoms with Crippen LogP contribution >= 0.6 is 0 Å². The summed E-state index contributed by atoms with van der Waals surface area (Å²) in [4.78, 5) is 16.1. The Kier molecular flexibility index (Phi) is 5.16. The van der Waals surface area contributed by atoms with Gasteiger partial charge in [0.1, 0.15) is 6.26 Å². The van der Waals surface area contributed by atoms with Crippen LogP contribution in [0, 0.1) is 0 Å². The van der Waals surface area contributed by atoms with Crippen molar-refractivity contribution in [2.75, 3.05) is 11.9 Å². The van der Waals surface area contributed by atoms with E-state index in [1.165, 1.54) is 6.26 Å².